The van der Waals surface area contributed by atoms with Gasteiger partial charge in [-0.25, -0.2) is 14.8 Å². The Bertz CT molecular complexity index is 1520. The van der Waals surface area contributed by atoms with Gasteiger partial charge in [-0.1, -0.05) is 0 Å². The van der Waals surface area contributed by atoms with Gasteiger partial charge >= 0.3 is 6.03 Å². The molecule has 3 fully saturated rings. The van der Waals surface area contributed by atoms with Gasteiger partial charge in [-0.05, 0) is 88.3 Å². The van der Waals surface area contributed by atoms with Crippen LogP contribution in [0.4, 0.5) is 22.0 Å². The molecule has 2 bridgehead atoms. The molecule has 2 unspecified atom stereocenters. The number of urea groups is 1. The average molecular weight is 611 g/mol. The third-order valence-corrected chi connectivity index (χ3v) is 9.53. The van der Waals surface area contributed by atoms with Gasteiger partial charge in [-0.3, -0.25) is 4.79 Å². The summed E-state index contributed by atoms with van der Waals surface area (Å²) in [5.41, 5.74) is 5.12. The summed E-state index contributed by atoms with van der Waals surface area (Å²) in [5, 5.41) is 9.25. The minimum atomic E-state index is -0.352. The number of morpholine rings is 1. The second-order valence-corrected chi connectivity index (χ2v) is 12.8. The topological polar surface area (TPSA) is 115 Å². The summed E-state index contributed by atoms with van der Waals surface area (Å²) in [5.74, 6) is 1.76. The molecular formula is C34H42N8O3. The molecule has 0 spiro atoms. The van der Waals surface area contributed by atoms with Crippen LogP contribution in [-0.4, -0.2) is 96.8 Å². The van der Waals surface area contributed by atoms with Crippen molar-refractivity contribution in [2.24, 2.45) is 0 Å². The molecule has 3 aromatic rings. The summed E-state index contributed by atoms with van der Waals surface area (Å²) in [6.07, 6.45) is 5.62. The summed E-state index contributed by atoms with van der Waals surface area (Å²) in [7, 11) is 4.18. The van der Waals surface area contributed by atoms with Crippen LogP contribution in [0.25, 0.3) is 11.4 Å². The number of likely N-dealkylation sites (tertiary alicyclic amines) is 1. The van der Waals surface area contributed by atoms with Gasteiger partial charge < -0.3 is 35.4 Å². The third kappa shape index (κ3) is 6.51. The van der Waals surface area contributed by atoms with Gasteiger partial charge in [0, 0.05) is 79.8 Å². The fraction of sp³-hybridized carbons (Fsp3) is 0.471. The van der Waals surface area contributed by atoms with Crippen molar-refractivity contribution in [3.63, 3.8) is 0 Å². The summed E-state index contributed by atoms with van der Waals surface area (Å²) in [6.45, 7) is 4.94. The van der Waals surface area contributed by atoms with Crippen molar-refractivity contribution in [3.8, 4) is 11.4 Å². The normalized spacial score (nSPS) is 21.5. The van der Waals surface area contributed by atoms with Gasteiger partial charge in [-0.2, -0.15) is 0 Å². The molecule has 2 atom stereocenters. The highest BCUT2D eigenvalue weighted by atomic mass is 16.5. The smallest absolute Gasteiger partial charge is 0.323 e. The van der Waals surface area contributed by atoms with Crippen LogP contribution in [0.3, 0.4) is 0 Å². The molecule has 3 N–H and O–H groups in total. The third-order valence-electron chi connectivity index (χ3n) is 9.53. The fourth-order valence-electron chi connectivity index (χ4n) is 6.96. The molecule has 0 saturated carbocycles. The zero-order valence-electron chi connectivity index (χ0n) is 26.1. The van der Waals surface area contributed by atoms with Crippen molar-refractivity contribution in [2.45, 2.75) is 56.9 Å². The number of anilines is 3. The molecule has 3 saturated heterocycles. The monoisotopic (exact) mass is 610 g/mol. The molecule has 4 aliphatic heterocycles. The van der Waals surface area contributed by atoms with Gasteiger partial charge in [0.15, 0.2) is 5.82 Å². The lowest BCUT2D eigenvalue weighted by atomic mass is 10.0. The standard InChI is InChI=1S/C34H42N8O3/c1-40(2)26-14-17-41(18-15-26)33(43)23-5-9-25(10-6-23)37-34(44)36-24-7-3-22(4-8-24)31-38-30-13-16-35-19-29(30)32(39-31)42-20-27-11-12-28(21-42)45-27/h3-10,26-28,35H,11-21H2,1-2H3,(H2,36,37,44). The summed E-state index contributed by atoms with van der Waals surface area (Å²) >= 11 is 0. The first-order chi connectivity index (χ1) is 21.9. The van der Waals surface area contributed by atoms with Crippen LogP contribution in [-0.2, 0) is 17.7 Å². The Morgan fingerprint density at radius 3 is 2.18 bits per heavy atom. The molecule has 0 radical (unpaired) electrons. The van der Waals surface area contributed by atoms with E-state index in [1.165, 1.54) is 5.56 Å². The molecule has 11 heteroatoms. The summed E-state index contributed by atoms with van der Waals surface area (Å²) < 4.78 is 6.08. The maximum Gasteiger partial charge on any atom is 0.323 e. The first-order valence-corrected chi connectivity index (χ1v) is 16.1. The Morgan fingerprint density at radius 1 is 0.889 bits per heavy atom. The van der Waals surface area contributed by atoms with Crippen molar-refractivity contribution in [1.29, 1.82) is 0 Å². The molecule has 11 nitrogen and oxygen atoms in total. The van der Waals surface area contributed by atoms with Crippen LogP contribution < -0.4 is 20.9 Å². The Kier molecular flexibility index (Phi) is 8.39. The second-order valence-electron chi connectivity index (χ2n) is 12.8. The molecule has 2 aromatic carbocycles. The Labute approximate surface area is 264 Å². The molecule has 1 aromatic heterocycles. The van der Waals surface area contributed by atoms with Crippen LogP contribution in [0.5, 0.6) is 0 Å². The highest BCUT2D eigenvalue weighted by Crippen LogP contribution is 2.33. The van der Waals surface area contributed by atoms with Gasteiger partial charge in [0.1, 0.15) is 5.82 Å². The molecule has 7 rings (SSSR count). The number of aromatic nitrogens is 2. The Balaban J connectivity index is 0.979. The SMILES string of the molecule is CN(C)C1CCN(C(=O)c2ccc(NC(=O)Nc3ccc(-c4nc5c(c(N6CC7CCC(C6)O7)n4)CNCC5)cc3)cc2)CC1. The van der Waals surface area contributed by atoms with E-state index in [0.717, 1.165) is 88.4 Å². The molecule has 3 amide bonds. The van der Waals surface area contributed by atoms with Crippen LogP contribution in [0.15, 0.2) is 48.5 Å². The van der Waals surface area contributed by atoms with Gasteiger partial charge in [0.25, 0.3) is 5.91 Å². The molecule has 236 valence electrons. The van der Waals surface area contributed by atoms with E-state index in [1.807, 2.05) is 29.2 Å². The van der Waals surface area contributed by atoms with E-state index in [9.17, 15) is 9.59 Å². The summed E-state index contributed by atoms with van der Waals surface area (Å²) in [6, 6.07) is 14.9. The number of hydrogen-bond acceptors (Lipinski definition) is 8. The lowest BCUT2D eigenvalue weighted by Crippen LogP contribution is -2.44. The minimum absolute atomic E-state index is 0.0343. The van der Waals surface area contributed by atoms with Gasteiger partial charge in [0.05, 0.1) is 17.9 Å². The highest BCUT2D eigenvalue weighted by Gasteiger charge is 2.36. The first-order valence-electron chi connectivity index (χ1n) is 16.1. The average Bonchev–Trinajstić information content (AvgIpc) is 3.41. The number of piperidine rings is 1. The van der Waals surface area contributed by atoms with Crippen LogP contribution >= 0.6 is 0 Å². The predicted molar refractivity (Wildman–Crippen MR) is 175 cm³/mol. The number of nitrogens with one attached hydrogen (secondary N) is 3. The number of hydrogen-bond donors (Lipinski definition) is 3. The predicted octanol–water partition coefficient (Wildman–Crippen LogP) is 3.97. The lowest BCUT2D eigenvalue weighted by molar-refractivity contribution is 0.0301. The minimum Gasteiger partial charge on any atom is -0.371 e. The number of carbonyl (C=O) groups excluding carboxylic acids is 2. The van der Waals surface area contributed by atoms with Crippen molar-refractivity contribution in [1.82, 2.24) is 25.1 Å². The lowest BCUT2D eigenvalue weighted by Gasteiger charge is -2.35. The van der Waals surface area contributed by atoms with E-state index < -0.39 is 0 Å². The molecule has 5 heterocycles. The first kappa shape index (κ1) is 29.6. The van der Waals surface area contributed by atoms with E-state index in [2.05, 4.69) is 39.8 Å². The number of amides is 3. The second kappa shape index (κ2) is 12.7. The largest absolute Gasteiger partial charge is 0.371 e. The Morgan fingerprint density at radius 2 is 1.53 bits per heavy atom. The zero-order chi connectivity index (χ0) is 30.9. The fourth-order valence-corrected chi connectivity index (χ4v) is 6.96. The van der Waals surface area contributed by atoms with Gasteiger partial charge in [-0.15, -0.1) is 0 Å². The molecule has 0 aliphatic carbocycles. The van der Waals surface area contributed by atoms with E-state index in [1.54, 1.807) is 24.3 Å². The zero-order valence-corrected chi connectivity index (χ0v) is 26.1. The van der Waals surface area contributed by atoms with Crippen molar-refractivity contribution in [3.05, 3.63) is 65.4 Å². The Hall–Kier alpha value is -4.06. The number of carbonyl (C=O) groups is 2. The van der Waals surface area contributed by atoms with Crippen LogP contribution in [0, 0.1) is 0 Å². The number of ether oxygens (including phenoxy) is 1. The highest BCUT2D eigenvalue weighted by molar-refractivity contribution is 6.00. The van der Waals surface area contributed by atoms with Crippen LogP contribution in [0.1, 0.15) is 47.3 Å². The number of rotatable bonds is 6. The van der Waals surface area contributed by atoms with E-state index >= 15 is 0 Å². The molecular weight excluding hydrogens is 568 g/mol. The maximum atomic E-state index is 13.0. The number of nitrogens with zero attached hydrogens (tertiary/aromatic N) is 5. The van der Waals surface area contributed by atoms with Crippen molar-refractivity contribution in [2.75, 3.05) is 62.4 Å². The van der Waals surface area contributed by atoms with Gasteiger partial charge in [0.2, 0.25) is 0 Å². The molecule has 45 heavy (non-hydrogen) atoms. The van der Waals surface area contributed by atoms with E-state index in [0.29, 0.717) is 28.8 Å². The maximum absolute atomic E-state index is 13.0. The number of fused-ring (bicyclic) bond motifs is 3. The number of benzene rings is 2. The summed E-state index contributed by atoms with van der Waals surface area (Å²) in [4.78, 5) is 42.3. The molecule has 4 aliphatic rings. The van der Waals surface area contributed by atoms with Crippen LogP contribution in [0.2, 0.25) is 0 Å². The van der Waals surface area contributed by atoms with E-state index in [4.69, 9.17) is 14.7 Å². The van der Waals surface area contributed by atoms with E-state index in [-0.39, 0.29) is 24.1 Å². The van der Waals surface area contributed by atoms with Crippen molar-refractivity contribution < 1.29 is 14.3 Å². The van der Waals surface area contributed by atoms with Crippen molar-refractivity contribution >= 4 is 29.1 Å². The quantitative estimate of drug-likeness (QED) is 0.384.